The summed E-state index contributed by atoms with van der Waals surface area (Å²) < 4.78 is 35.0. The Morgan fingerprint density at radius 1 is 1.15 bits per heavy atom. The van der Waals surface area contributed by atoms with Gasteiger partial charge in [-0.05, 0) is 17.4 Å². The maximum atomic E-state index is 10.8. The summed E-state index contributed by atoms with van der Waals surface area (Å²) in [5.41, 5.74) is 1.91. The molecule has 16 heteroatoms. The second-order valence-electron chi connectivity index (χ2n) is 6.83. The van der Waals surface area contributed by atoms with E-state index in [1.165, 1.54) is 23.0 Å². The minimum absolute atomic E-state index is 0.145. The van der Waals surface area contributed by atoms with Crippen molar-refractivity contribution in [2.24, 2.45) is 0 Å². The first kappa shape index (κ1) is 24.9. The lowest BCUT2D eigenvalue weighted by molar-refractivity contribution is -0.389. The van der Waals surface area contributed by atoms with Crippen molar-refractivity contribution < 1.29 is 22.4 Å². The first-order valence-corrected chi connectivity index (χ1v) is 11.8. The van der Waals surface area contributed by atoms with E-state index in [9.17, 15) is 10.1 Å². The zero-order valence-electron chi connectivity index (χ0n) is 17.7. The molecule has 1 aromatic carbocycles. The fourth-order valence-corrected chi connectivity index (χ4v) is 3.55. The summed E-state index contributed by atoms with van der Waals surface area (Å²) in [7, 11) is -4.67. The van der Waals surface area contributed by atoms with Crippen molar-refractivity contribution in [2.45, 2.75) is 26.4 Å². The molecule has 0 aliphatic carbocycles. The van der Waals surface area contributed by atoms with Gasteiger partial charge in [0.15, 0.2) is 5.82 Å². The first-order chi connectivity index (χ1) is 16.1. The molecule has 0 spiro atoms. The molecule has 0 saturated carbocycles. The predicted molar refractivity (Wildman–Crippen MR) is 122 cm³/mol. The largest absolute Gasteiger partial charge is 0.394 e. The Morgan fingerprint density at radius 3 is 2.50 bits per heavy atom. The Labute approximate surface area is 197 Å². The molecule has 0 aliphatic rings. The Morgan fingerprint density at radius 2 is 1.85 bits per heavy atom. The average Bonchev–Trinajstić information content (AvgIpc) is 3.47. The van der Waals surface area contributed by atoms with E-state index in [0.29, 0.717) is 30.5 Å². The first-order valence-electron chi connectivity index (χ1n) is 9.62. The van der Waals surface area contributed by atoms with Gasteiger partial charge in [-0.1, -0.05) is 41.7 Å². The van der Waals surface area contributed by atoms with Crippen LogP contribution in [-0.4, -0.2) is 52.2 Å². The van der Waals surface area contributed by atoms with Crippen molar-refractivity contribution in [1.29, 1.82) is 0 Å². The topological polar surface area (TPSA) is 191 Å². The van der Waals surface area contributed by atoms with Gasteiger partial charge in [0.2, 0.25) is 5.13 Å². The maximum Gasteiger partial charge on any atom is 0.394 e. The molecule has 0 bridgehead atoms. The number of benzene rings is 1. The number of anilines is 2. The summed E-state index contributed by atoms with van der Waals surface area (Å²) in [5.74, 6) is 0.551. The normalized spacial score (nSPS) is 11.0. The summed E-state index contributed by atoms with van der Waals surface area (Å²) in [6.45, 7) is 2.98. The SMILES string of the molecule is Cc1cc([N+](=O)[O-])nn1CCc1nnc(Nc2ccn(Cc3ccccc3)n2)s1.O=S(=O)(O)O. The van der Waals surface area contributed by atoms with E-state index in [2.05, 4.69) is 37.8 Å². The summed E-state index contributed by atoms with van der Waals surface area (Å²) in [6, 6.07) is 13.5. The van der Waals surface area contributed by atoms with Crippen LogP contribution >= 0.6 is 11.3 Å². The molecule has 4 aromatic rings. The lowest BCUT2D eigenvalue weighted by atomic mass is 10.2. The van der Waals surface area contributed by atoms with Gasteiger partial charge >= 0.3 is 16.2 Å². The second kappa shape index (κ2) is 10.9. The van der Waals surface area contributed by atoms with Crippen LogP contribution in [0.25, 0.3) is 0 Å². The number of nitrogens with zero attached hydrogens (tertiary/aromatic N) is 7. The van der Waals surface area contributed by atoms with Gasteiger partial charge in [0.05, 0.1) is 29.9 Å². The Balaban J connectivity index is 0.000000588. The van der Waals surface area contributed by atoms with Crippen LogP contribution in [0, 0.1) is 17.0 Å². The summed E-state index contributed by atoms with van der Waals surface area (Å²) >= 11 is 1.42. The van der Waals surface area contributed by atoms with Gasteiger partial charge in [-0.25, -0.2) is 0 Å². The fourth-order valence-electron chi connectivity index (χ4n) is 2.81. The van der Waals surface area contributed by atoms with E-state index in [1.54, 1.807) is 11.6 Å². The highest BCUT2D eigenvalue weighted by molar-refractivity contribution is 7.79. The number of nitrogens with one attached hydrogen (secondary N) is 1. The number of hydrogen-bond acceptors (Lipinski definition) is 10. The van der Waals surface area contributed by atoms with Gasteiger partial charge in [0, 0.05) is 18.7 Å². The highest BCUT2D eigenvalue weighted by Gasteiger charge is 2.16. The van der Waals surface area contributed by atoms with Crippen LogP contribution in [0.2, 0.25) is 0 Å². The van der Waals surface area contributed by atoms with Crippen LogP contribution in [0.15, 0.2) is 48.7 Å². The smallest absolute Gasteiger partial charge is 0.358 e. The molecule has 3 N–H and O–H groups in total. The van der Waals surface area contributed by atoms with Crippen molar-refractivity contribution in [3.63, 3.8) is 0 Å². The molecule has 0 atom stereocenters. The van der Waals surface area contributed by atoms with Gasteiger partial charge in [0.25, 0.3) is 0 Å². The lowest BCUT2D eigenvalue weighted by Gasteiger charge is -2.01. The van der Waals surface area contributed by atoms with Gasteiger partial charge in [-0.2, -0.15) is 18.2 Å². The highest BCUT2D eigenvalue weighted by Crippen LogP contribution is 2.21. The van der Waals surface area contributed by atoms with E-state index in [1.807, 2.05) is 35.1 Å². The highest BCUT2D eigenvalue weighted by atomic mass is 32.3. The Kier molecular flexibility index (Phi) is 8.00. The molecule has 3 aromatic heterocycles. The summed E-state index contributed by atoms with van der Waals surface area (Å²) in [5, 5.41) is 32.2. The predicted octanol–water partition coefficient (Wildman–Crippen LogP) is 2.53. The van der Waals surface area contributed by atoms with Gasteiger partial charge in [-0.15, -0.1) is 10.2 Å². The second-order valence-corrected chi connectivity index (χ2v) is 8.79. The molecule has 0 unspecified atom stereocenters. The molecule has 0 aliphatic heterocycles. The molecule has 0 fully saturated rings. The average molecular weight is 509 g/mol. The lowest BCUT2D eigenvalue weighted by Crippen LogP contribution is -2.05. The van der Waals surface area contributed by atoms with Crippen LogP contribution in [0.4, 0.5) is 16.8 Å². The molecule has 180 valence electrons. The molecule has 4 rings (SSSR count). The van der Waals surface area contributed by atoms with Gasteiger partial charge < -0.3 is 15.4 Å². The third-order valence-electron chi connectivity index (χ3n) is 4.22. The molecule has 0 saturated heterocycles. The summed E-state index contributed by atoms with van der Waals surface area (Å²) in [6.07, 6.45) is 2.49. The van der Waals surface area contributed by atoms with Crippen LogP contribution < -0.4 is 5.32 Å². The van der Waals surface area contributed by atoms with Crippen LogP contribution in [0.5, 0.6) is 0 Å². The molecule has 0 radical (unpaired) electrons. The van der Waals surface area contributed by atoms with Gasteiger partial charge in [-0.3, -0.25) is 13.8 Å². The van der Waals surface area contributed by atoms with E-state index in [0.717, 1.165) is 10.7 Å². The van der Waals surface area contributed by atoms with Crippen molar-refractivity contribution in [2.75, 3.05) is 5.32 Å². The maximum absolute atomic E-state index is 10.8. The van der Waals surface area contributed by atoms with E-state index in [4.69, 9.17) is 17.5 Å². The van der Waals surface area contributed by atoms with Crippen molar-refractivity contribution >= 4 is 38.5 Å². The molecule has 34 heavy (non-hydrogen) atoms. The van der Waals surface area contributed by atoms with E-state index < -0.39 is 15.3 Å². The third-order valence-corrected chi connectivity index (χ3v) is 5.12. The molecular weight excluding hydrogens is 488 g/mol. The number of aryl methyl sites for hydroxylation is 3. The Bertz CT molecular complexity index is 1340. The zero-order chi connectivity index (χ0) is 24.7. The molecule has 14 nitrogen and oxygen atoms in total. The minimum atomic E-state index is -4.67. The molecule has 0 amide bonds. The van der Waals surface area contributed by atoms with E-state index in [-0.39, 0.29) is 5.82 Å². The third kappa shape index (κ3) is 8.00. The number of hydrogen-bond donors (Lipinski definition) is 3. The van der Waals surface area contributed by atoms with Crippen molar-refractivity contribution in [1.82, 2.24) is 29.8 Å². The minimum Gasteiger partial charge on any atom is -0.358 e. The fraction of sp³-hybridized carbons (Fsp3) is 0.222. The number of nitro groups is 1. The number of rotatable bonds is 8. The zero-order valence-corrected chi connectivity index (χ0v) is 19.3. The van der Waals surface area contributed by atoms with Crippen molar-refractivity contribution in [3.05, 3.63) is 75.0 Å². The van der Waals surface area contributed by atoms with Crippen LogP contribution in [0.1, 0.15) is 16.3 Å². The summed E-state index contributed by atoms with van der Waals surface area (Å²) in [4.78, 5) is 10.3. The molecule has 3 heterocycles. The quantitative estimate of drug-likeness (QED) is 0.180. The van der Waals surface area contributed by atoms with E-state index >= 15 is 0 Å². The van der Waals surface area contributed by atoms with Crippen LogP contribution in [-0.2, 0) is 29.9 Å². The molecular formula is C18H20N8O6S2. The monoisotopic (exact) mass is 508 g/mol. The number of aromatic nitrogens is 6. The van der Waals surface area contributed by atoms with Gasteiger partial charge in [0.1, 0.15) is 5.01 Å². The Hall–Kier alpha value is -3.73. The van der Waals surface area contributed by atoms with Crippen molar-refractivity contribution in [3.8, 4) is 0 Å². The van der Waals surface area contributed by atoms with Crippen LogP contribution in [0.3, 0.4) is 0 Å². The standard InChI is InChI=1S/C18H18N8O2S.H2O4S/c1-13-11-16(26(27)28)23-25(13)10-8-17-20-21-18(29-17)19-15-7-9-24(22-15)12-14-5-3-2-4-6-14;1-5(2,3)4/h2-7,9,11H,8,10,12H2,1H3,(H,19,21,22);(H2,1,2,3,4).